The number of likely N-dealkylation sites (N-methyl/N-ethyl adjacent to an activating group) is 1. The van der Waals surface area contributed by atoms with Crippen LogP contribution in [-0.2, 0) is 9.59 Å². The standard InChI is InChI=1S/C22H20BrN5O2/c1-26-10-11-27(21-20(26)24-16-7-3-4-8-17(16)25-21)22(30)14-12-19(29)28(13-14)18-9-5-2-6-15(18)23/h2-9,14H,10-13H2,1H3. The van der Waals surface area contributed by atoms with Gasteiger partial charge in [0.1, 0.15) is 0 Å². The van der Waals surface area contributed by atoms with E-state index in [1.54, 1.807) is 9.80 Å². The van der Waals surface area contributed by atoms with E-state index in [2.05, 4.69) is 15.9 Å². The Bertz CT molecular complexity index is 1170. The van der Waals surface area contributed by atoms with E-state index in [1.165, 1.54) is 0 Å². The molecule has 0 radical (unpaired) electrons. The van der Waals surface area contributed by atoms with Gasteiger partial charge >= 0.3 is 0 Å². The minimum absolute atomic E-state index is 0.0424. The number of halogens is 1. The summed E-state index contributed by atoms with van der Waals surface area (Å²) in [4.78, 5) is 41.0. The first kappa shape index (κ1) is 19.0. The van der Waals surface area contributed by atoms with Gasteiger partial charge < -0.3 is 9.80 Å². The van der Waals surface area contributed by atoms with Crippen molar-refractivity contribution in [2.75, 3.05) is 41.4 Å². The molecular formula is C22H20BrN5O2. The number of carbonyl (C=O) groups is 2. The Balaban J connectivity index is 1.46. The third-order valence-corrected chi connectivity index (χ3v) is 6.36. The maximum absolute atomic E-state index is 13.5. The summed E-state index contributed by atoms with van der Waals surface area (Å²) in [7, 11) is 1.96. The molecule has 0 saturated carbocycles. The van der Waals surface area contributed by atoms with E-state index in [4.69, 9.17) is 9.97 Å². The first-order valence-electron chi connectivity index (χ1n) is 9.87. The number of para-hydroxylation sites is 3. The highest BCUT2D eigenvalue weighted by Crippen LogP contribution is 2.35. The number of anilines is 3. The Morgan fingerprint density at radius 2 is 1.67 bits per heavy atom. The number of hydrogen-bond acceptors (Lipinski definition) is 5. The predicted octanol–water partition coefficient (Wildman–Crippen LogP) is 3.23. The number of benzene rings is 2. The third-order valence-electron chi connectivity index (χ3n) is 5.69. The number of rotatable bonds is 2. The second-order valence-electron chi connectivity index (χ2n) is 7.63. The Morgan fingerprint density at radius 1 is 1.00 bits per heavy atom. The number of nitrogens with zero attached hydrogens (tertiary/aromatic N) is 5. The molecule has 8 heteroatoms. The largest absolute Gasteiger partial charge is 0.355 e. The molecule has 0 bridgehead atoms. The van der Waals surface area contributed by atoms with Crippen LogP contribution in [0.4, 0.5) is 17.3 Å². The molecule has 3 aromatic rings. The molecule has 1 saturated heterocycles. The molecule has 7 nitrogen and oxygen atoms in total. The Labute approximate surface area is 182 Å². The molecule has 3 heterocycles. The fourth-order valence-electron chi connectivity index (χ4n) is 4.09. The average molecular weight is 466 g/mol. The van der Waals surface area contributed by atoms with E-state index >= 15 is 0 Å². The van der Waals surface area contributed by atoms with Crippen molar-refractivity contribution in [2.45, 2.75) is 6.42 Å². The maximum Gasteiger partial charge on any atom is 0.233 e. The zero-order chi connectivity index (χ0) is 20.8. The number of carbonyl (C=O) groups excluding carboxylic acids is 2. The number of amides is 2. The van der Waals surface area contributed by atoms with Gasteiger partial charge in [-0.1, -0.05) is 24.3 Å². The molecule has 2 aromatic carbocycles. The lowest BCUT2D eigenvalue weighted by Crippen LogP contribution is -2.46. The smallest absolute Gasteiger partial charge is 0.233 e. The van der Waals surface area contributed by atoms with Gasteiger partial charge in [0, 0.05) is 37.6 Å². The third kappa shape index (κ3) is 3.11. The van der Waals surface area contributed by atoms with Gasteiger partial charge in [-0.05, 0) is 40.2 Å². The Hall–Kier alpha value is -3.00. The van der Waals surface area contributed by atoms with Crippen LogP contribution < -0.4 is 14.7 Å². The van der Waals surface area contributed by atoms with Gasteiger partial charge in [0.15, 0.2) is 11.6 Å². The zero-order valence-electron chi connectivity index (χ0n) is 16.5. The highest BCUT2D eigenvalue weighted by atomic mass is 79.9. The first-order valence-corrected chi connectivity index (χ1v) is 10.7. The lowest BCUT2D eigenvalue weighted by molar-refractivity contribution is -0.124. The average Bonchev–Trinajstić information content (AvgIpc) is 3.14. The molecule has 1 aromatic heterocycles. The molecule has 2 aliphatic heterocycles. The fraction of sp³-hybridized carbons (Fsp3) is 0.273. The summed E-state index contributed by atoms with van der Waals surface area (Å²) in [6, 6.07) is 15.2. The summed E-state index contributed by atoms with van der Waals surface area (Å²) in [5.41, 5.74) is 2.35. The first-order chi connectivity index (χ1) is 14.5. The van der Waals surface area contributed by atoms with Crippen LogP contribution in [0.2, 0.25) is 0 Å². The van der Waals surface area contributed by atoms with Crippen molar-refractivity contribution in [3.8, 4) is 0 Å². The van der Waals surface area contributed by atoms with Crippen LogP contribution in [0.15, 0.2) is 53.0 Å². The van der Waals surface area contributed by atoms with Crippen molar-refractivity contribution in [1.82, 2.24) is 9.97 Å². The molecule has 30 heavy (non-hydrogen) atoms. The van der Waals surface area contributed by atoms with Crippen LogP contribution in [0, 0.1) is 5.92 Å². The van der Waals surface area contributed by atoms with E-state index in [9.17, 15) is 9.59 Å². The van der Waals surface area contributed by atoms with Gasteiger partial charge in [-0.15, -0.1) is 0 Å². The summed E-state index contributed by atoms with van der Waals surface area (Å²) in [5.74, 6) is 0.740. The second-order valence-corrected chi connectivity index (χ2v) is 8.48. The number of aromatic nitrogens is 2. The molecule has 1 unspecified atom stereocenters. The van der Waals surface area contributed by atoms with Crippen LogP contribution in [0.5, 0.6) is 0 Å². The van der Waals surface area contributed by atoms with Crippen molar-refractivity contribution in [3.63, 3.8) is 0 Å². The van der Waals surface area contributed by atoms with E-state index in [-0.39, 0.29) is 18.2 Å². The maximum atomic E-state index is 13.5. The van der Waals surface area contributed by atoms with E-state index in [0.29, 0.717) is 31.3 Å². The van der Waals surface area contributed by atoms with E-state index < -0.39 is 5.92 Å². The van der Waals surface area contributed by atoms with Gasteiger partial charge in [-0.2, -0.15) is 0 Å². The molecule has 1 fully saturated rings. The van der Waals surface area contributed by atoms with Crippen molar-refractivity contribution in [3.05, 3.63) is 53.0 Å². The summed E-state index contributed by atoms with van der Waals surface area (Å²) in [5, 5.41) is 0. The summed E-state index contributed by atoms with van der Waals surface area (Å²) in [6.45, 7) is 1.55. The van der Waals surface area contributed by atoms with Crippen molar-refractivity contribution in [1.29, 1.82) is 0 Å². The van der Waals surface area contributed by atoms with Crippen molar-refractivity contribution in [2.24, 2.45) is 5.92 Å². The summed E-state index contributed by atoms with van der Waals surface area (Å²) >= 11 is 3.51. The van der Waals surface area contributed by atoms with Gasteiger partial charge in [0.2, 0.25) is 11.8 Å². The van der Waals surface area contributed by atoms with Crippen LogP contribution >= 0.6 is 15.9 Å². The van der Waals surface area contributed by atoms with Crippen molar-refractivity contribution >= 4 is 56.1 Å². The highest BCUT2D eigenvalue weighted by molar-refractivity contribution is 9.10. The van der Waals surface area contributed by atoms with Gasteiger partial charge in [0.05, 0.1) is 22.6 Å². The van der Waals surface area contributed by atoms with Crippen molar-refractivity contribution < 1.29 is 9.59 Å². The summed E-state index contributed by atoms with van der Waals surface area (Å²) in [6.07, 6.45) is 0.197. The summed E-state index contributed by atoms with van der Waals surface area (Å²) < 4.78 is 0.841. The normalized spacial score (nSPS) is 18.8. The lowest BCUT2D eigenvalue weighted by atomic mass is 10.1. The lowest BCUT2D eigenvalue weighted by Gasteiger charge is -2.34. The molecule has 1 atom stereocenters. The van der Waals surface area contributed by atoms with Crippen LogP contribution in [0.25, 0.3) is 11.0 Å². The molecular weight excluding hydrogens is 446 g/mol. The highest BCUT2D eigenvalue weighted by Gasteiger charge is 2.40. The predicted molar refractivity (Wildman–Crippen MR) is 120 cm³/mol. The topological polar surface area (TPSA) is 69.6 Å². The molecule has 2 aliphatic rings. The second kappa shape index (κ2) is 7.36. The molecule has 0 aliphatic carbocycles. The van der Waals surface area contributed by atoms with Crippen LogP contribution in [-0.4, -0.2) is 48.5 Å². The van der Waals surface area contributed by atoms with Gasteiger partial charge in [-0.25, -0.2) is 9.97 Å². The number of fused-ring (bicyclic) bond motifs is 2. The molecule has 5 rings (SSSR count). The van der Waals surface area contributed by atoms with Crippen LogP contribution in [0.3, 0.4) is 0 Å². The van der Waals surface area contributed by atoms with Gasteiger partial charge in [0.25, 0.3) is 0 Å². The SMILES string of the molecule is CN1CCN(C(=O)C2CC(=O)N(c3ccccc3Br)C2)c2nc3ccccc3nc21. The minimum atomic E-state index is -0.408. The molecule has 0 spiro atoms. The molecule has 0 N–H and O–H groups in total. The number of hydrogen-bond donors (Lipinski definition) is 0. The van der Waals surface area contributed by atoms with E-state index in [1.807, 2.05) is 60.5 Å². The van der Waals surface area contributed by atoms with E-state index in [0.717, 1.165) is 21.2 Å². The monoisotopic (exact) mass is 465 g/mol. The Morgan fingerprint density at radius 3 is 2.40 bits per heavy atom. The van der Waals surface area contributed by atoms with Gasteiger partial charge in [-0.3, -0.25) is 14.5 Å². The Kier molecular flexibility index (Phi) is 4.66. The molecule has 152 valence electrons. The van der Waals surface area contributed by atoms with Crippen LogP contribution in [0.1, 0.15) is 6.42 Å². The quantitative estimate of drug-likeness (QED) is 0.580. The fourth-order valence-corrected chi connectivity index (χ4v) is 4.59. The minimum Gasteiger partial charge on any atom is -0.355 e. The zero-order valence-corrected chi connectivity index (χ0v) is 18.0. The molecule has 2 amide bonds.